The minimum atomic E-state index is -0.742. The molecule has 220 valence electrons. The van der Waals surface area contributed by atoms with Crippen LogP contribution in [0.5, 0.6) is 0 Å². The van der Waals surface area contributed by atoms with Crippen LogP contribution in [-0.4, -0.2) is 60.1 Å². The van der Waals surface area contributed by atoms with E-state index in [0.29, 0.717) is 36.6 Å². The first-order valence-corrected chi connectivity index (χ1v) is 14.2. The van der Waals surface area contributed by atoms with Crippen LogP contribution in [0.15, 0.2) is 58.1 Å². The largest absolute Gasteiger partial charge is 0.383 e. The number of methoxy groups -OCH3 is 2. The zero-order valence-corrected chi connectivity index (χ0v) is 24.4. The van der Waals surface area contributed by atoms with Crippen molar-refractivity contribution in [3.05, 3.63) is 80.8 Å². The fourth-order valence-corrected chi connectivity index (χ4v) is 5.19. The summed E-state index contributed by atoms with van der Waals surface area (Å²) >= 11 is 0. The topological polar surface area (TPSA) is 135 Å². The van der Waals surface area contributed by atoms with Crippen molar-refractivity contribution < 1.29 is 9.47 Å². The van der Waals surface area contributed by atoms with Gasteiger partial charge in [0.15, 0.2) is 11.2 Å². The van der Waals surface area contributed by atoms with Crippen LogP contribution in [0.4, 0.5) is 0 Å². The Kier molecular flexibility index (Phi) is 9.03. The molecule has 0 saturated carbocycles. The molecule has 0 bridgehead atoms. The molecule has 1 atom stereocenters. The minimum Gasteiger partial charge on any atom is -0.383 e. The number of tetrazole rings is 1. The summed E-state index contributed by atoms with van der Waals surface area (Å²) in [7, 11) is 3.06. The highest BCUT2D eigenvalue weighted by molar-refractivity contribution is 5.80. The number of H-pyrrole nitrogens is 1. The van der Waals surface area contributed by atoms with Crippen LogP contribution in [0.1, 0.15) is 50.7 Å². The van der Waals surface area contributed by atoms with E-state index in [0.717, 1.165) is 51.9 Å². The number of hydrogen-bond acceptors (Lipinski definition) is 8. The number of hydrogen-bond donors (Lipinski definition) is 1. The van der Waals surface area contributed by atoms with Crippen LogP contribution >= 0.6 is 0 Å². The van der Waals surface area contributed by atoms with Gasteiger partial charge in [-0.25, -0.2) is 14.3 Å². The molecular formula is C30H36N8O4. The van der Waals surface area contributed by atoms with Crippen molar-refractivity contribution in [3.63, 3.8) is 0 Å². The van der Waals surface area contributed by atoms with Crippen LogP contribution in [0.2, 0.25) is 0 Å². The first-order chi connectivity index (χ1) is 20.5. The number of imidazole rings is 1. The fourth-order valence-electron chi connectivity index (χ4n) is 5.19. The van der Waals surface area contributed by atoms with Crippen LogP contribution in [0.25, 0.3) is 33.7 Å². The molecule has 3 heterocycles. The second kappa shape index (κ2) is 13.0. The van der Waals surface area contributed by atoms with Crippen molar-refractivity contribution in [3.8, 4) is 22.5 Å². The molecule has 42 heavy (non-hydrogen) atoms. The Morgan fingerprint density at radius 3 is 2.40 bits per heavy atom. The van der Waals surface area contributed by atoms with Gasteiger partial charge in [-0.3, -0.25) is 9.36 Å². The second-order valence-corrected chi connectivity index (χ2v) is 10.2. The predicted octanol–water partition coefficient (Wildman–Crippen LogP) is 3.80. The third-order valence-electron chi connectivity index (χ3n) is 7.49. The molecule has 1 unspecified atom stereocenters. The number of nitrogens with one attached hydrogen (secondary N) is 1. The van der Waals surface area contributed by atoms with E-state index in [-0.39, 0.29) is 6.54 Å². The van der Waals surface area contributed by atoms with E-state index in [2.05, 4.69) is 27.5 Å². The van der Waals surface area contributed by atoms with Gasteiger partial charge in [-0.1, -0.05) is 68.3 Å². The molecule has 0 radical (unpaired) electrons. The van der Waals surface area contributed by atoms with E-state index < -0.39 is 17.5 Å². The summed E-state index contributed by atoms with van der Waals surface area (Å²) in [5.41, 5.74) is 3.73. The van der Waals surface area contributed by atoms with E-state index in [9.17, 15) is 9.59 Å². The number of ether oxygens (including phenoxy) is 2. The first kappa shape index (κ1) is 29.1. The lowest BCUT2D eigenvalue weighted by molar-refractivity contribution is 0.0526. The van der Waals surface area contributed by atoms with Crippen molar-refractivity contribution >= 4 is 11.2 Å². The van der Waals surface area contributed by atoms with E-state index in [1.165, 1.54) is 11.7 Å². The van der Waals surface area contributed by atoms with Gasteiger partial charge in [0.05, 0.1) is 13.2 Å². The van der Waals surface area contributed by atoms with Gasteiger partial charge in [0.1, 0.15) is 12.1 Å². The van der Waals surface area contributed by atoms with Gasteiger partial charge in [0, 0.05) is 32.7 Å². The van der Waals surface area contributed by atoms with E-state index in [1.807, 2.05) is 53.1 Å². The quantitative estimate of drug-likeness (QED) is 0.211. The molecule has 3 aromatic heterocycles. The van der Waals surface area contributed by atoms with Crippen LogP contribution in [0, 0.1) is 0 Å². The maximum absolute atomic E-state index is 13.9. The molecule has 0 aliphatic carbocycles. The third kappa shape index (κ3) is 5.68. The number of benzene rings is 2. The molecule has 0 amide bonds. The first-order valence-electron chi connectivity index (χ1n) is 14.2. The lowest BCUT2D eigenvalue weighted by Gasteiger charge is -2.16. The van der Waals surface area contributed by atoms with Gasteiger partial charge in [0.25, 0.3) is 5.56 Å². The number of unbranched alkanes of at least 4 members (excludes halogenated alkanes) is 2. The Morgan fingerprint density at radius 2 is 1.74 bits per heavy atom. The molecule has 2 aromatic carbocycles. The Hall–Kier alpha value is -4.42. The molecule has 0 spiro atoms. The summed E-state index contributed by atoms with van der Waals surface area (Å²) in [6.45, 7) is 4.82. The third-order valence-corrected chi connectivity index (χ3v) is 7.49. The van der Waals surface area contributed by atoms with Gasteiger partial charge >= 0.3 is 5.69 Å². The summed E-state index contributed by atoms with van der Waals surface area (Å²) in [4.78, 5) is 32.2. The number of aryl methyl sites for hydroxylation is 1. The van der Waals surface area contributed by atoms with Crippen molar-refractivity contribution in [2.45, 2.75) is 58.8 Å². The standard InChI is InChI=1S/C30H36N8O4/c1-5-6-7-12-25-31-28-26(29(39)38(20(2)42-4)30(40)36(28)17-18-41-3)37(25)19-21-13-15-22(16-14-21)23-10-8-9-11-24(23)27-32-34-35-33-27/h8-11,13-16,20H,5-7,12,17-19H2,1-4H3,(H,32,33,34,35). The molecule has 0 fully saturated rings. The Balaban J connectivity index is 1.60. The summed E-state index contributed by atoms with van der Waals surface area (Å²) < 4.78 is 15.3. The molecule has 12 heteroatoms. The molecule has 0 saturated heterocycles. The van der Waals surface area contributed by atoms with Gasteiger partial charge in [0.2, 0.25) is 5.82 Å². The average Bonchev–Trinajstić information content (AvgIpc) is 3.67. The normalized spacial score (nSPS) is 12.3. The van der Waals surface area contributed by atoms with E-state index in [1.54, 1.807) is 14.0 Å². The molecule has 0 aliphatic rings. The minimum absolute atomic E-state index is 0.266. The average molecular weight is 573 g/mol. The molecule has 5 rings (SSSR count). The highest BCUT2D eigenvalue weighted by Crippen LogP contribution is 2.30. The lowest BCUT2D eigenvalue weighted by atomic mass is 9.98. The number of fused-ring (bicyclic) bond motifs is 1. The highest BCUT2D eigenvalue weighted by atomic mass is 16.5. The van der Waals surface area contributed by atoms with Gasteiger partial charge in [-0.15, -0.1) is 10.2 Å². The SMILES string of the molecule is CCCCCc1nc2c(c(=O)n(C(C)OC)c(=O)n2CCOC)n1Cc1ccc(-c2ccccc2-c2nn[nH]n2)cc1. The predicted molar refractivity (Wildman–Crippen MR) is 159 cm³/mol. The molecule has 1 N–H and O–H groups in total. The van der Waals surface area contributed by atoms with Gasteiger partial charge in [-0.2, -0.15) is 5.21 Å². The summed E-state index contributed by atoms with van der Waals surface area (Å²) in [5.74, 6) is 1.30. The number of nitrogens with zero attached hydrogens (tertiary/aromatic N) is 7. The molecular weight excluding hydrogens is 536 g/mol. The van der Waals surface area contributed by atoms with Crippen LogP contribution in [-0.2, 0) is 29.0 Å². The molecule has 0 aliphatic heterocycles. The van der Waals surface area contributed by atoms with Crippen LogP contribution in [0.3, 0.4) is 0 Å². The second-order valence-electron chi connectivity index (χ2n) is 10.2. The summed E-state index contributed by atoms with van der Waals surface area (Å²) in [6.07, 6.45) is 2.98. The number of aromatic nitrogens is 8. The fraction of sp³-hybridized carbons (Fsp3) is 0.400. The Morgan fingerprint density at radius 1 is 0.976 bits per heavy atom. The Labute approximate surface area is 242 Å². The van der Waals surface area contributed by atoms with Crippen molar-refractivity contribution in [1.82, 2.24) is 39.3 Å². The maximum atomic E-state index is 13.9. The van der Waals surface area contributed by atoms with Crippen molar-refractivity contribution in [1.29, 1.82) is 0 Å². The van der Waals surface area contributed by atoms with Crippen molar-refractivity contribution in [2.75, 3.05) is 20.8 Å². The Bertz CT molecular complexity index is 1750. The van der Waals surface area contributed by atoms with E-state index in [4.69, 9.17) is 14.5 Å². The lowest BCUT2D eigenvalue weighted by Crippen LogP contribution is -2.43. The zero-order valence-electron chi connectivity index (χ0n) is 24.4. The molecule has 12 nitrogen and oxygen atoms in total. The zero-order chi connectivity index (χ0) is 29.6. The molecule has 5 aromatic rings. The van der Waals surface area contributed by atoms with E-state index >= 15 is 0 Å². The van der Waals surface area contributed by atoms with Gasteiger partial charge in [-0.05, 0) is 35.2 Å². The van der Waals surface area contributed by atoms with Gasteiger partial charge < -0.3 is 14.0 Å². The number of aromatic amines is 1. The monoisotopic (exact) mass is 572 g/mol. The van der Waals surface area contributed by atoms with Crippen LogP contribution < -0.4 is 11.2 Å². The summed E-state index contributed by atoms with van der Waals surface area (Å²) in [5, 5.41) is 14.5. The smallest absolute Gasteiger partial charge is 0.334 e. The number of rotatable bonds is 13. The van der Waals surface area contributed by atoms with Crippen molar-refractivity contribution in [2.24, 2.45) is 0 Å². The maximum Gasteiger partial charge on any atom is 0.334 e. The summed E-state index contributed by atoms with van der Waals surface area (Å²) in [6, 6.07) is 16.1. The highest BCUT2D eigenvalue weighted by Gasteiger charge is 2.24.